The van der Waals surface area contributed by atoms with Crippen molar-refractivity contribution in [2.75, 3.05) is 5.73 Å². The standard InChI is InChI=1S/C12H16N2O/c1-8-4-5-9(7-8)11(15)10-3-2-6-14-12(10)13/h2-3,6,8-9H,4-5,7H2,1H3,(H2,13,14). The molecule has 0 spiro atoms. The Balaban J connectivity index is 2.18. The second-order valence-electron chi connectivity index (χ2n) is 4.42. The van der Waals surface area contributed by atoms with E-state index in [0.717, 1.165) is 19.3 Å². The lowest BCUT2D eigenvalue weighted by Crippen LogP contribution is -2.14. The van der Waals surface area contributed by atoms with Crippen molar-refractivity contribution in [1.82, 2.24) is 4.98 Å². The molecular formula is C12H16N2O. The first-order valence-corrected chi connectivity index (χ1v) is 5.43. The van der Waals surface area contributed by atoms with Crippen molar-refractivity contribution in [3.63, 3.8) is 0 Å². The SMILES string of the molecule is CC1CCC(C(=O)c2cccnc2N)C1. The van der Waals surface area contributed by atoms with E-state index in [1.54, 1.807) is 18.3 Å². The fraction of sp³-hybridized carbons (Fsp3) is 0.500. The van der Waals surface area contributed by atoms with E-state index >= 15 is 0 Å². The van der Waals surface area contributed by atoms with Gasteiger partial charge in [0.1, 0.15) is 5.82 Å². The van der Waals surface area contributed by atoms with Crippen molar-refractivity contribution in [2.24, 2.45) is 11.8 Å². The first-order chi connectivity index (χ1) is 7.18. The van der Waals surface area contributed by atoms with Gasteiger partial charge in [0.25, 0.3) is 0 Å². The summed E-state index contributed by atoms with van der Waals surface area (Å²) in [6.45, 7) is 2.19. The Kier molecular flexibility index (Phi) is 2.71. The summed E-state index contributed by atoms with van der Waals surface area (Å²) in [5.41, 5.74) is 6.29. The highest BCUT2D eigenvalue weighted by Gasteiger charge is 2.29. The minimum atomic E-state index is 0.159. The molecule has 1 heterocycles. The van der Waals surface area contributed by atoms with Crippen molar-refractivity contribution in [1.29, 1.82) is 0 Å². The van der Waals surface area contributed by atoms with E-state index in [1.165, 1.54) is 0 Å². The monoisotopic (exact) mass is 204 g/mol. The maximum absolute atomic E-state index is 12.1. The number of pyridine rings is 1. The molecular weight excluding hydrogens is 188 g/mol. The molecule has 1 aliphatic carbocycles. The highest BCUT2D eigenvalue weighted by molar-refractivity contribution is 6.01. The molecule has 2 atom stereocenters. The van der Waals surface area contributed by atoms with Crippen molar-refractivity contribution in [3.05, 3.63) is 23.9 Å². The topological polar surface area (TPSA) is 56.0 Å². The van der Waals surface area contributed by atoms with Crippen LogP contribution in [0.2, 0.25) is 0 Å². The minimum absolute atomic E-state index is 0.159. The molecule has 1 fully saturated rings. The fourth-order valence-electron chi connectivity index (χ4n) is 2.29. The second kappa shape index (κ2) is 4.01. The van der Waals surface area contributed by atoms with Crippen LogP contribution in [-0.4, -0.2) is 10.8 Å². The molecule has 0 aliphatic heterocycles. The van der Waals surface area contributed by atoms with E-state index in [0.29, 0.717) is 17.3 Å². The molecule has 0 saturated heterocycles. The molecule has 0 radical (unpaired) electrons. The van der Waals surface area contributed by atoms with Gasteiger partial charge >= 0.3 is 0 Å². The number of nitrogen functional groups attached to an aromatic ring is 1. The quantitative estimate of drug-likeness (QED) is 0.752. The molecule has 1 saturated carbocycles. The number of Topliss-reactive ketones (excluding diaryl/α,β-unsaturated/α-hetero) is 1. The first kappa shape index (κ1) is 10.1. The zero-order valence-electron chi connectivity index (χ0n) is 8.94. The summed E-state index contributed by atoms with van der Waals surface area (Å²) in [6, 6.07) is 3.54. The summed E-state index contributed by atoms with van der Waals surface area (Å²) in [5.74, 6) is 1.36. The number of nitrogens with zero attached hydrogens (tertiary/aromatic N) is 1. The van der Waals surface area contributed by atoms with Gasteiger partial charge in [-0.25, -0.2) is 4.98 Å². The van der Waals surface area contributed by atoms with Crippen LogP contribution in [-0.2, 0) is 0 Å². The van der Waals surface area contributed by atoms with Crippen LogP contribution in [0.25, 0.3) is 0 Å². The molecule has 3 heteroatoms. The van der Waals surface area contributed by atoms with Crippen LogP contribution in [0, 0.1) is 11.8 Å². The normalized spacial score (nSPS) is 25.4. The Labute approximate surface area is 89.7 Å². The van der Waals surface area contributed by atoms with E-state index < -0.39 is 0 Å². The minimum Gasteiger partial charge on any atom is -0.383 e. The van der Waals surface area contributed by atoms with E-state index in [2.05, 4.69) is 11.9 Å². The van der Waals surface area contributed by atoms with Crippen LogP contribution in [0.3, 0.4) is 0 Å². The Hall–Kier alpha value is -1.38. The van der Waals surface area contributed by atoms with Gasteiger partial charge in [-0.2, -0.15) is 0 Å². The molecule has 3 nitrogen and oxygen atoms in total. The summed E-state index contributed by atoms with van der Waals surface area (Å²) in [4.78, 5) is 16.0. The van der Waals surface area contributed by atoms with Gasteiger partial charge in [-0.3, -0.25) is 4.79 Å². The summed E-state index contributed by atoms with van der Waals surface area (Å²) < 4.78 is 0. The van der Waals surface area contributed by atoms with E-state index in [-0.39, 0.29) is 11.7 Å². The van der Waals surface area contributed by atoms with Crippen molar-refractivity contribution < 1.29 is 4.79 Å². The number of hydrogen-bond donors (Lipinski definition) is 1. The Morgan fingerprint density at radius 1 is 1.53 bits per heavy atom. The summed E-state index contributed by atoms with van der Waals surface area (Å²) in [6.07, 6.45) is 4.75. The summed E-state index contributed by atoms with van der Waals surface area (Å²) >= 11 is 0. The molecule has 0 aromatic carbocycles. The average Bonchev–Trinajstić information content (AvgIpc) is 2.65. The Morgan fingerprint density at radius 2 is 2.33 bits per heavy atom. The van der Waals surface area contributed by atoms with E-state index in [1.807, 2.05) is 0 Å². The number of anilines is 1. The Bertz CT molecular complexity index is 376. The predicted molar refractivity (Wildman–Crippen MR) is 59.5 cm³/mol. The molecule has 2 N–H and O–H groups in total. The molecule has 15 heavy (non-hydrogen) atoms. The lowest BCUT2D eigenvalue weighted by atomic mass is 9.96. The van der Waals surface area contributed by atoms with Crippen molar-refractivity contribution >= 4 is 11.6 Å². The van der Waals surface area contributed by atoms with Gasteiger partial charge in [-0.05, 0) is 37.3 Å². The zero-order chi connectivity index (χ0) is 10.8. The van der Waals surface area contributed by atoms with Gasteiger partial charge in [0, 0.05) is 12.1 Å². The van der Waals surface area contributed by atoms with Gasteiger partial charge in [-0.15, -0.1) is 0 Å². The number of hydrogen-bond acceptors (Lipinski definition) is 3. The van der Waals surface area contributed by atoms with Crippen molar-refractivity contribution in [2.45, 2.75) is 26.2 Å². The van der Waals surface area contributed by atoms with Crippen LogP contribution in [0.1, 0.15) is 36.5 Å². The maximum Gasteiger partial charge on any atom is 0.169 e. The molecule has 2 unspecified atom stereocenters. The average molecular weight is 204 g/mol. The highest BCUT2D eigenvalue weighted by atomic mass is 16.1. The molecule has 1 aliphatic rings. The number of carbonyl (C=O) groups excluding carboxylic acids is 1. The largest absolute Gasteiger partial charge is 0.383 e. The fourth-order valence-corrected chi connectivity index (χ4v) is 2.29. The molecule has 1 aromatic heterocycles. The van der Waals surface area contributed by atoms with Crippen LogP contribution in [0.4, 0.5) is 5.82 Å². The maximum atomic E-state index is 12.1. The highest BCUT2D eigenvalue weighted by Crippen LogP contribution is 2.33. The van der Waals surface area contributed by atoms with Crippen molar-refractivity contribution in [3.8, 4) is 0 Å². The molecule has 80 valence electrons. The number of rotatable bonds is 2. The Morgan fingerprint density at radius 3 is 2.93 bits per heavy atom. The summed E-state index contributed by atoms with van der Waals surface area (Å²) in [7, 11) is 0. The third kappa shape index (κ3) is 2.01. The smallest absolute Gasteiger partial charge is 0.169 e. The van der Waals surface area contributed by atoms with Gasteiger partial charge in [0.2, 0.25) is 0 Å². The lowest BCUT2D eigenvalue weighted by Gasteiger charge is -2.09. The summed E-state index contributed by atoms with van der Waals surface area (Å²) in [5, 5.41) is 0. The van der Waals surface area contributed by atoms with E-state index in [9.17, 15) is 4.79 Å². The predicted octanol–water partition coefficient (Wildman–Crippen LogP) is 2.28. The van der Waals surface area contributed by atoms with E-state index in [4.69, 9.17) is 5.73 Å². The third-order valence-electron chi connectivity index (χ3n) is 3.17. The van der Waals surface area contributed by atoms with Crippen LogP contribution >= 0.6 is 0 Å². The molecule has 2 rings (SSSR count). The van der Waals surface area contributed by atoms with Gasteiger partial charge in [0.05, 0.1) is 5.56 Å². The van der Waals surface area contributed by atoms with Crippen LogP contribution in [0.15, 0.2) is 18.3 Å². The van der Waals surface area contributed by atoms with Gasteiger partial charge in [-0.1, -0.05) is 6.92 Å². The van der Waals surface area contributed by atoms with Gasteiger partial charge in [0.15, 0.2) is 5.78 Å². The molecule has 0 bridgehead atoms. The molecule has 1 aromatic rings. The molecule has 0 amide bonds. The van der Waals surface area contributed by atoms with Crippen LogP contribution in [0.5, 0.6) is 0 Å². The first-order valence-electron chi connectivity index (χ1n) is 5.43. The number of carbonyl (C=O) groups is 1. The lowest BCUT2D eigenvalue weighted by molar-refractivity contribution is 0.0921. The number of aromatic nitrogens is 1. The number of ketones is 1. The second-order valence-corrected chi connectivity index (χ2v) is 4.42. The number of nitrogens with two attached hydrogens (primary N) is 1. The third-order valence-corrected chi connectivity index (χ3v) is 3.17. The van der Waals surface area contributed by atoms with Gasteiger partial charge < -0.3 is 5.73 Å². The zero-order valence-corrected chi connectivity index (χ0v) is 8.94. The van der Waals surface area contributed by atoms with Crippen LogP contribution < -0.4 is 5.73 Å².